The third-order valence-electron chi connectivity index (χ3n) is 3.40. The van der Waals surface area contributed by atoms with Gasteiger partial charge in [0.05, 0.1) is 0 Å². The molecule has 106 valence electrons. The van der Waals surface area contributed by atoms with E-state index < -0.39 is 0 Å². The first-order valence-electron chi connectivity index (χ1n) is 6.64. The lowest BCUT2D eigenvalue weighted by atomic mass is 10.1. The largest absolute Gasteiger partial charge is 0.455 e. The normalized spacial score (nSPS) is 10.8. The van der Waals surface area contributed by atoms with Gasteiger partial charge in [-0.25, -0.2) is 0 Å². The maximum Gasteiger partial charge on any atom is 0.153 e. The highest BCUT2D eigenvalue weighted by Gasteiger charge is 2.11. The summed E-state index contributed by atoms with van der Waals surface area (Å²) in [6.45, 7) is 3.95. The molecule has 0 unspecified atom stereocenters. The van der Waals surface area contributed by atoms with Crippen LogP contribution in [0.1, 0.15) is 11.1 Å². The second kappa shape index (κ2) is 5.26. The SMILES string of the molecule is Cc1cc(Cl)cc(C)c1Oc1ccc(N)c2cccnc12. The number of nitrogens with two attached hydrogens (primary N) is 1. The van der Waals surface area contributed by atoms with Crippen molar-refractivity contribution in [2.45, 2.75) is 13.8 Å². The first-order valence-corrected chi connectivity index (χ1v) is 7.02. The van der Waals surface area contributed by atoms with Crippen molar-refractivity contribution in [1.82, 2.24) is 4.98 Å². The lowest BCUT2D eigenvalue weighted by Crippen LogP contribution is -1.95. The minimum atomic E-state index is 0.688. The van der Waals surface area contributed by atoms with E-state index in [1.54, 1.807) is 6.20 Å². The summed E-state index contributed by atoms with van der Waals surface area (Å²) < 4.78 is 6.09. The van der Waals surface area contributed by atoms with Gasteiger partial charge in [-0.15, -0.1) is 0 Å². The molecule has 3 rings (SSSR count). The van der Waals surface area contributed by atoms with Crippen LogP contribution in [0.15, 0.2) is 42.6 Å². The molecule has 3 aromatic rings. The zero-order valence-corrected chi connectivity index (χ0v) is 12.6. The fraction of sp³-hybridized carbons (Fsp3) is 0.118. The molecule has 0 saturated heterocycles. The summed E-state index contributed by atoms with van der Waals surface area (Å²) in [5, 5.41) is 1.59. The number of aromatic nitrogens is 1. The second-order valence-corrected chi connectivity index (χ2v) is 5.46. The standard InChI is InChI=1S/C17H15ClN2O/c1-10-8-12(18)9-11(2)17(10)21-15-6-5-14(19)13-4-3-7-20-16(13)15/h3-9H,19H2,1-2H3. The summed E-state index contributed by atoms with van der Waals surface area (Å²) in [6, 6.07) is 11.2. The summed E-state index contributed by atoms with van der Waals surface area (Å²) in [4.78, 5) is 4.38. The van der Waals surface area contributed by atoms with Crippen LogP contribution in [-0.2, 0) is 0 Å². The Morgan fingerprint density at radius 2 is 1.81 bits per heavy atom. The highest BCUT2D eigenvalue weighted by atomic mass is 35.5. The van der Waals surface area contributed by atoms with E-state index in [2.05, 4.69) is 4.98 Å². The number of aryl methyl sites for hydroxylation is 2. The molecule has 0 fully saturated rings. The molecule has 1 aromatic heterocycles. The Morgan fingerprint density at radius 3 is 2.52 bits per heavy atom. The van der Waals surface area contributed by atoms with Gasteiger partial charge in [-0.05, 0) is 61.4 Å². The number of fused-ring (bicyclic) bond motifs is 1. The molecule has 0 spiro atoms. The van der Waals surface area contributed by atoms with E-state index in [1.165, 1.54) is 0 Å². The van der Waals surface area contributed by atoms with E-state index in [1.807, 2.05) is 50.2 Å². The predicted octanol–water partition coefficient (Wildman–Crippen LogP) is 4.88. The zero-order valence-electron chi connectivity index (χ0n) is 11.9. The number of pyridine rings is 1. The second-order valence-electron chi connectivity index (χ2n) is 5.02. The van der Waals surface area contributed by atoms with Crippen LogP contribution in [0.3, 0.4) is 0 Å². The van der Waals surface area contributed by atoms with Crippen LogP contribution in [0.25, 0.3) is 10.9 Å². The van der Waals surface area contributed by atoms with Crippen LogP contribution in [0, 0.1) is 13.8 Å². The average molecular weight is 299 g/mol. The lowest BCUT2D eigenvalue weighted by molar-refractivity contribution is 0.479. The van der Waals surface area contributed by atoms with Crippen molar-refractivity contribution in [2.24, 2.45) is 0 Å². The summed E-state index contributed by atoms with van der Waals surface area (Å²) in [6.07, 6.45) is 1.73. The topological polar surface area (TPSA) is 48.1 Å². The number of hydrogen-bond donors (Lipinski definition) is 1. The fourth-order valence-electron chi connectivity index (χ4n) is 2.42. The number of anilines is 1. The van der Waals surface area contributed by atoms with Gasteiger partial charge in [-0.3, -0.25) is 4.98 Å². The van der Waals surface area contributed by atoms with Gasteiger partial charge < -0.3 is 10.5 Å². The van der Waals surface area contributed by atoms with Crippen LogP contribution in [0.4, 0.5) is 5.69 Å². The molecule has 0 amide bonds. The molecule has 0 radical (unpaired) electrons. The van der Waals surface area contributed by atoms with Crippen molar-refractivity contribution < 1.29 is 4.74 Å². The molecule has 0 saturated carbocycles. The Balaban J connectivity index is 2.13. The molecule has 3 nitrogen and oxygen atoms in total. The molecular formula is C17H15ClN2O. The monoisotopic (exact) mass is 298 g/mol. The minimum absolute atomic E-state index is 0.688. The van der Waals surface area contributed by atoms with Gasteiger partial charge in [0.25, 0.3) is 0 Å². The van der Waals surface area contributed by atoms with Crippen molar-refractivity contribution in [1.29, 1.82) is 0 Å². The highest BCUT2D eigenvalue weighted by Crippen LogP contribution is 2.35. The van der Waals surface area contributed by atoms with Gasteiger partial charge in [0.2, 0.25) is 0 Å². The van der Waals surface area contributed by atoms with E-state index in [0.717, 1.165) is 27.8 Å². The maximum atomic E-state index is 6.09. The van der Waals surface area contributed by atoms with E-state index in [-0.39, 0.29) is 0 Å². The molecule has 2 aromatic carbocycles. The molecular weight excluding hydrogens is 284 g/mol. The molecule has 0 aliphatic carbocycles. The number of nitrogens with zero attached hydrogens (tertiary/aromatic N) is 1. The first-order chi connectivity index (χ1) is 10.1. The van der Waals surface area contributed by atoms with Gasteiger partial charge in [0.15, 0.2) is 5.75 Å². The maximum absolute atomic E-state index is 6.09. The quantitative estimate of drug-likeness (QED) is 0.686. The van der Waals surface area contributed by atoms with Crippen LogP contribution < -0.4 is 10.5 Å². The van der Waals surface area contributed by atoms with Crippen molar-refractivity contribution in [3.63, 3.8) is 0 Å². The fourth-order valence-corrected chi connectivity index (χ4v) is 2.75. The molecule has 21 heavy (non-hydrogen) atoms. The van der Waals surface area contributed by atoms with E-state index in [0.29, 0.717) is 16.5 Å². The van der Waals surface area contributed by atoms with Crippen molar-refractivity contribution in [2.75, 3.05) is 5.73 Å². The van der Waals surface area contributed by atoms with Crippen LogP contribution in [0.2, 0.25) is 5.02 Å². The Hall–Kier alpha value is -2.26. The van der Waals surface area contributed by atoms with Gasteiger partial charge in [0.1, 0.15) is 11.3 Å². The molecule has 2 N–H and O–H groups in total. The molecule has 0 aliphatic heterocycles. The molecule has 0 bridgehead atoms. The van der Waals surface area contributed by atoms with Crippen molar-refractivity contribution in [3.05, 3.63) is 58.7 Å². The summed E-state index contributed by atoms with van der Waals surface area (Å²) in [7, 11) is 0. The zero-order chi connectivity index (χ0) is 15.0. The number of halogens is 1. The Morgan fingerprint density at radius 1 is 1.10 bits per heavy atom. The predicted molar refractivity (Wildman–Crippen MR) is 87.2 cm³/mol. The number of rotatable bonds is 2. The van der Waals surface area contributed by atoms with Gasteiger partial charge >= 0.3 is 0 Å². The Labute approximate surface area is 128 Å². The number of ether oxygens (including phenoxy) is 1. The van der Waals surface area contributed by atoms with Crippen LogP contribution in [0.5, 0.6) is 11.5 Å². The van der Waals surface area contributed by atoms with Gasteiger partial charge in [-0.2, -0.15) is 0 Å². The molecule has 0 atom stereocenters. The van der Waals surface area contributed by atoms with E-state index in [9.17, 15) is 0 Å². The number of nitrogen functional groups attached to an aromatic ring is 1. The summed E-state index contributed by atoms with van der Waals surface area (Å²) >= 11 is 6.06. The smallest absolute Gasteiger partial charge is 0.153 e. The Bertz CT molecular complexity index is 807. The third kappa shape index (κ3) is 2.52. The lowest BCUT2D eigenvalue weighted by Gasteiger charge is -2.14. The van der Waals surface area contributed by atoms with E-state index >= 15 is 0 Å². The first kappa shape index (κ1) is 13.7. The van der Waals surface area contributed by atoms with Crippen molar-refractivity contribution in [3.8, 4) is 11.5 Å². The van der Waals surface area contributed by atoms with Gasteiger partial charge in [0, 0.05) is 22.3 Å². The number of benzene rings is 2. The highest BCUT2D eigenvalue weighted by molar-refractivity contribution is 6.30. The summed E-state index contributed by atoms with van der Waals surface area (Å²) in [5.41, 5.74) is 9.40. The van der Waals surface area contributed by atoms with E-state index in [4.69, 9.17) is 22.1 Å². The van der Waals surface area contributed by atoms with Crippen LogP contribution in [-0.4, -0.2) is 4.98 Å². The average Bonchev–Trinajstić information content (AvgIpc) is 2.45. The molecule has 4 heteroatoms. The molecule has 1 heterocycles. The molecule has 0 aliphatic rings. The number of hydrogen-bond acceptors (Lipinski definition) is 3. The minimum Gasteiger partial charge on any atom is -0.455 e. The van der Waals surface area contributed by atoms with Gasteiger partial charge in [-0.1, -0.05) is 11.6 Å². The third-order valence-corrected chi connectivity index (χ3v) is 3.62. The van der Waals surface area contributed by atoms with Crippen LogP contribution >= 0.6 is 11.6 Å². The Kier molecular flexibility index (Phi) is 3.43. The van der Waals surface area contributed by atoms with Crippen molar-refractivity contribution >= 4 is 28.2 Å². The summed E-state index contributed by atoms with van der Waals surface area (Å²) in [5.74, 6) is 1.49.